The molecular formula is C7H9N3O. The standard InChI is InChI=1S/C7H9N3O/c1-4-5-2-3-8-7(11)6(5)10-9-4/h2-3H2,1H3,(H,8,11)(H,9,10). The molecule has 0 atom stereocenters. The van der Waals surface area contributed by atoms with Crippen molar-refractivity contribution < 1.29 is 4.79 Å². The Balaban J connectivity index is 2.55. The number of hydrogen-bond donors (Lipinski definition) is 2. The first-order valence-corrected chi connectivity index (χ1v) is 3.61. The average Bonchev–Trinajstić information content (AvgIpc) is 2.35. The number of amides is 1. The largest absolute Gasteiger partial charge is 0.350 e. The van der Waals surface area contributed by atoms with E-state index >= 15 is 0 Å². The summed E-state index contributed by atoms with van der Waals surface area (Å²) >= 11 is 0. The van der Waals surface area contributed by atoms with Gasteiger partial charge in [0, 0.05) is 17.8 Å². The van der Waals surface area contributed by atoms with Crippen LogP contribution >= 0.6 is 0 Å². The van der Waals surface area contributed by atoms with Gasteiger partial charge in [-0.3, -0.25) is 9.89 Å². The van der Waals surface area contributed by atoms with E-state index in [1.807, 2.05) is 6.92 Å². The maximum atomic E-state index is 11.1. The lowest BCUT2D eigenvalue weighted by Gasteiger charge is -2.10. The summed E-state index contributed by atoms with van der Waals surface area (Å²) in [5.41, 5.74) is 2.64. The molecule has 58 valence electrons. The monoisotopic (exact) mass is 151 g/mol. The summed E-state index contributed by atoms with van der Waals surface area (Å²) in [5, 5.41) is 9.43. The molecule has 1 aromatic heterocycles. The molecule has 0 aromatic carbocycles. The normalized spacial score (nSPS) is 15.9. The van der Waals surface area contributed by atoms with Crippen molar-refractivity contribution in [1.29, 1.82) is 0 Å². The van der Waals surface area contributed by atoms with Crippen LogP contribution in [0.25, 0.3) is 0 Å². The fourth-order valence-electron chi connectivity index (χ4n) is 1.33. The van der Waals surface area contributed by atoms with E-state index in [9.17, 15) is 4.79 Å². The van der Waals surface area contributed by atoms with Gasteiger partial charge < -0.3 is 5.32 Å². The molecule has 0 unspecified atom stereocenters. The van der Waals surface area contributed by atoms with Gasteiger partial charge in [0.1, 0.15) is 0 Å². The minimum atomic E-state index is -0.0596. The van der Waals surface area contributed by atoms with Crippen LogP contribution in [0.15, 0.2) is 0 Å². The van der Waals surface area contributed by atoms with Crippen molar-refractivity contribution in [3.05, 3.63) is 17.0 Å². The van der Waals surface area contributed by atoms with E-state index < -0.39 is 0 Å². The highest BCUT2D eigenvalue weighted by atomic mass is 16.2. The third-order valence-electron chi connectivity index (χ3n) is 1.95. The highest BCUT2D eigenvalue weighted by Gasteiger charge is 2.20. The number of aryl methyl sites for hydroxylation is 1. The van der Waals surface area contributed by atoms with Gasteiger partial charge in [0.05, 0.1) is 0 Å². The van der Waals surface area contributed by atoms with Crippen molar-refractivity contribution in [3.8, 4) is 0 Å². The second-order valence-corrected chi connectivity index (χ2v) is 2.68. The van der Waals surface area contributed by atoms with Crippen molar-refractivity contribution in [2.24, 2.45) is 0 Å². The van der Waals surface area contributed by atoms with Crippen LogP contribution in [-0.2, 0) is 6.42 Å². The number of H-pyrrole nitrogens is 1. The van der Waals surface area contributed by atoms with E-state index in [0.717, 1.165) is 24.2 Å². The van der Waals surface area contributed by atoms with Crippen LogP contribution in [0.3, 0.4) is 0 Å². The molecule has 0 aliphatic carbocycles. The Kier molecular flexibility index (Phi) is 1.21. The zero-order chi connectivity index (χ0) is 7.84. The van der Waals surface area contributed by atoms with Crippen LogP contribution in [-0.4, -0.2) is 22.6 Å². The molecule has 11 heavy (non-hydrogen) atoms. The van der Waals surface area contributed by atoms with Crippen molar-refractivity contribution >= 4 is 5.91 Å². The predicted molar refractivity (Wildman–Crippen MR) is 39.4 cm³/mol. The molecular weight excluding hydrogens is 142 g/mol. The van der Waals surface area contributed by atoms with Crippen LogP contribution in [0.1, 0.15) is 21.7 Å². The van der Waals surface area contributed by atoms with Gasteiger partial charge in [-0.25, -0.2) is 0 Å². The molecule has 0 saturated carbocycles. The van der Waals surface area contributed by atoms with E-state index in [4.69, 9.17) is 0 Å². The number of carbonyl (C=O) groups excluding carboxylic acids is 1. The molecule has 2 N–H and O–H groups in total. The van der Waals surface area contributed by atoms with Crippen LogP contribution in [0, 0.1) is 6.92 Å². The number of carbonyl (C=O) groups is 1. The number of nitrogens with zero attached hydrogens (tertiary/aromatic N) is 1. The molecule has 0 radical (unpaired) electrons. The van der Waals surface area contributed by atoms with Gasteiger partial charge in [0.15, 0.2) is 5.69 Å². The van der Waals surface area contributed by atoms with E-state index in [1.165, 1.54) is 0 Å². The third-order valence-corrected chi connectivity index (χ3v) is 1.95. The van der Waals surface area contributed by atoms with Crippen LogP contribution < -0.4 is 5.32 Å². The first-order chi connectivity index (χ1) is 5.29. The van der Waals surface area contributed by atoms with Gasteiger partial charge >= 0.3 is 0 Å². The number of nitrogens with one attached hydrogen (secondary N) is 2. The molecule has 1 aromatic rings. The topological polar surface area (TPSA) is 57.8 Å². The lowest BCUT2D eigenvalue weighted by atomic mass is 10.1. The van der Waals surface area contributed by atoms with Gasteiger partial charge in [0.2, 0.25) is 0 Å². The average molecular weight is 151 g/mol. The highest BCUT2D eigenvalue weighted by Crippen LogP contribution is 2.13. The fourth-order valence-corrected chi connectivity index (χ4v) is 1.33. The molecule has 1 aliphatic heterocycles. The van der Waals surface area contributed by atoms with Crippen LogP contribution in [0.4, 0.5) is 0 Å². The zero-order valence-corrected chi connectivity index (χ0v) is 6.27. The second-order valence-electron chi connectivity index (χ2n) is 2.68. The number of aromatic nitrogens is 2. The maximum absolute atomic E-state index is 11.1. The smallest absolute Gasteiger partial charge is 0.272 e. The maximum Gasteiger partial charge on any atom is 0.272 e. The van der Waals surface area contributed by atoms with Gasteiger partial charge in [-0.2, -0.15) is 5.10 Å². The number of hydrogen-bond acceptors (Lipinski definition) is 2. The molecule has 2 heterocycles. The Morgan fingerprint density at radius 1 is 1.55 bits per heavy atom. The Hall–Kier alpha value is -1.32. The zero-order valence-electron chi connectivity index (χ0n) is 6.27. The van der Waals surface area contributed by atoms with Crippen LogP contribution in [0.2, 0.25) is 0 Å². The molecule has 0 spiro atoms. The Morgan fingerprint density at radius 2 is 2.36 bits per heavy atom. The fraction of sp³-hybridized carbons (Fsp3) is 0.429. The molecule has 4 heteroatoms. The first kappa shape index (κ1) is 6.39. The molecule has 2 rings (SSSR count). The van der Waals surface area contributed by atoms with Crippen molar-refractivity contribution in [3.63, 3.8) is 0 Å². The van der Waals surface area contributed by atoms with Crippen LogP contribution in [0.5, 0.6) is 0 Å². The molecule has 0 fully saturated rings. The quantitative estimate of drug-likeness (QED) is 0.548. The van der Waals surface area contributed by atoms with Crippen molar-refractivity contribution in [2.45, 2.75) is 13.3 Å². The Morgan fingerprint density at radius 3 is 3.09 bits per heavy atom. The van der Waals surface area contributed by atoms with Gasteiger partial charge in [-0.1, -0.05) is 0 Å². The van der Waals surface area contributed by atoms with Crippen molar-refractivity contribution in [2.75, 3.05) is 6.54 Å². The second kappa shape index (κ2) is 2.08. The highest BCUT2D eigenvalue weighted by molar-refractivity contribution is 5.94. The number of fused-ring (bicyclic) bond motifs is 1. The summed E-state index contributed by atoms with van der Waals surface area (Å²) in [6.07, 6.45) is 0.892. The summed E-state index contributed by atoms with van der Waals surface area (Å²) in [6.45, 7) is 2.66. The minimum absolute atomic E-state index is 0.0596. The lowest BCUT2D eigenvalue weighted by Crippen LogP contribution is -2.31. The molecule has 1 amide bonds. The number of aromatic amines is 1. The summed E-state index contributed by atoms with van der Waals surface area (Å²) in [4.78, 5) is 11.1. The Bertz CT molecular complexity index is 303. The SMILES string of the molecule is Cc1[nH]nc2c1CCNC2=O. The summed E-state index contributed by atoms with van der Waals surface area (Å²) in [7, 11) is 0. The molecule has 1 aliphatic rings. The molecule has 0 bridgehead atoms. The predicted octanol–water partition coefficient (Wildman–Crippen LogP) is 0.00402. The van der Waals surface area contributed by atoms with Gasteiger partial charge in [-0.15, -0.1) is 0 Å². The van der Waals surface area contributed by atoms with E-state index in [1.54, 1.807) is 0 Å². The Labute approximate surface area is 64.0 Å². The summed E-state index contributed by atoms with van der Waals surface area (Å²) in [6, 6.07) is 0. The van der Waals surface area contributed by atoms with Gasteiger partial charge in [0.25, 0.3) is 5.91 Å². The van der Waals surface area contributed by atoms with E-state index in [2.05, 4.69) is 15.5 Å². The minimum Gasteiger partial charge on any atom is -0.350 e. The molecule has 4 nitrogen and oxygen atoms in total. The van der Waals surface area contributed by atoms with Gasteiger partial charge in [-0.05, 0) is 13.3 Å². The third kappa shape index (κ3) is 0.824. The molecule has 0 saturated heterocycles. The van der Waals surface area contributed by atoms with E-state index in [-0.39, 0.29) is 5.91 Å². The first-order valence-electron chi connectivity index (χ1n) is 3.61. The summed E-state index contributed by atoms with van der Waals surface area (Å²) in [5.74, 6) is -0.0596. The lowest BCUT2D eigenvalue weighted by molar-refractivity contribution is 0.0941. The number of rotatable bonds is 0. The van der Waals surface area contributed by atoms with E-state index in [0.29, 0.717) is 5.69 Å². The van der Waals surface area contributed by atoms with Crippen molar-refractivity contribution in [1.82, 2.24) is 15.5 Å². The summed E-state index contributed by atoms with van der Waals surface area (Å²) < 4.78 is 0.